The van der Waals surface area contributed by atoms with Gasteiger partial charge in [0.15, 0.2) is 0 Å². The van der Waals surface area contributed by atoms with Gasteiger partial charge in [-0.05, 0) is 43.2 Å². The first kappa shape index (κ1) is 17.4. The van der Waals surface area contributed by atoms with Crippen molar-refractivity contribution in [3.8, 4) is 11.5 Å². The van der Waals surface area contributed by atoms with Crippen molar-refractivity contribution in [3.63, 3.8) is 0 Å². The average molecular weight is 365 g/mol. The molecule has 6 nitrogen and oxygen atoms in total. The highest BCUT2D eigenvalue weighted by molar-refractivity contribution is 5.97. The molecule has 0 unspecified atom stereocenters. The number of ether oxygens (including phenoxy) is 2. The van der Waals surface area contributed by atoms with Gasteiger partial charge in [0.05, 0.1) is 30.8 Å². The van der Waals surface area contributed by atoms with Crippen LogP contribution in [0.3, 0.4) is 0 Å². The maximum Gasteiger partial charge on any atom is 0.257 e. The van der Waals surface area contributed by atoms with E-state index < -0.39 is 0 Å². The maximum absolute atomic E-state index is 13.0. The van der Waals surface area contributed by atoms with E-state index >= 15 is 0 Å². The van der Waals surface area contributed by atoms with E-state index in [1.165, 1.54) is 5.69 Å². The van der Waals surface area contributed by atoms with E-state index in [0.29, 0.717) is 23.0 Å². The predicted octanol–water partition coefficient (Wildman–Crippen LogP) is 3.60. The number of aromatic amines is 1. The molecule has 0 saturated carbocycles. The molecular formula is C21H23N3O3. The Hall–Kier alpha value is -3.02. The van der Waals surface area contributed by atoms with Crippen LogP contribution in [-0.4, -0.2) is 48.1 Å². The van der Waals surface area contributed by atoms with Crippen LogP contribution in [0.15, 0.2) is 42.6 Å². The summed E-state index contributed by atoms with van der Waals surface area (Å²) in [5.41, 5.74) is 3.84. The van der Waals surface area contributed by atoms with Gasteiger partial charge in [-0.25, -0.2) is 0 Å². The quantitative estimate of drug-likeness (QED) is 0.767. The second-order valence-electron chi connectivity index (χ2n) is 6.79. The summed E-state index contributed by atoms with van der Waals surface area (Å²) in [5, 5.41) is 0. The molecule has 0 atom stereocenters. The first-order chi connectivity index (χ1) is 13.2. The highest BCUT2D eigenvalue weighted by Gasteiger charge is 2.27. The van der Waals surface area contributed by atoms with Gasteiger partial charge in [-0.3, -0.25) is 9.78 Å². The Balaban J connectivity index is 1.46. The van der Waals surface area contributed by atoms with E-state index in [2.05, 4.69) is 16.0 Å². The van der Waals surface area contributed by atoms with E-state index in [9.17, 15) is 4.79 Å². The molecule has 1 N–H and O–H groups in total. The van der Waals surface area contributed by atoms with Gasteiger partial charge >= 0.3 is 0 Å². The lowest BCUT2D eigenvalue weighted by Crippen LogP contribution is -2.38. The van der Waals surface area contributed by atoms with Crippen LogP contribution in [0, 0.1) is 0 Å². The Kier molecular flexibility index (Phi) is 4.71. The molecule has 4 rings (SSSR count). The van der Waals surface area contributed by atoms with Crippen molar-refractivity contribution < 1.29 is 14.3 Å². The average Bonchev–Trinajstić information content (AvgIpc) is 3.17. The molecule has 0 radical (unpaired) electrons. The van der Waals surface area contributed by atoms with Gasteiger partial charge in [0.2, 0.25) is 0 Å². The Morgan fingerprint density at radius 2 is 1.96 bits per heavy atom. The van der Waals surface area contributed by atoms with Crippen LogP contribution in [0.5, 0.6) is 11.5 Å². The number of nitrogens with one attached hydrogen (secondary N) is 1. The van der Waals surface area contributed by atoms with Crippen LogP contribution < -0.4 is 9.47 Å². The molecule has 1 fully saturated rings. The minimum absolute atomic E-state index is 0.00580. The Bertz CT molecular complexity index is 925. The summed E-state index contributed by atoms with van der Waals surface area (Å²) in [6.45, 7) is 1.45. The van der Waals surface area contributed by atoms with Gasteiger partial charge in [0.25, 0.3) is 5.91 Å². The van der Waals surface area contributed by atoms with Crippen molar-refractivity contribution in [2.75, 3.05) is 27.3 Å². The SMILES string of the molecule is COc1ccc(C(=O)N2CCC(c3cc4ncccc4[nH]3)CC2)c(OC)c1. The topological polar surface area (TPSA) is 67.5 Å². The first-order valence-corrected chi connectivity index (χ1v) is 9.14. The molecule has 1 saturated heterocycles. The van der Waals surface area contributed by atoms with Crippen molar-refractivity contribution in [2.45, 2.75) is 18.8 Å². The monoisotopic (exact) mass is 365 g/mol. The van der Waals surface area contributed by atoms with E-state index in [1.807, 2.05) is 23.2 Å². The van der Waals surface area contributed by atoms with E-state index in [1.54, 1.807) is 32.4 Å². The zero-order valence-electron chi connectivity index (χ0n) is 15.6. The van der Waals surface area contributed by atoms with Crippen molar-refractivity contribution in [1.82, 2.24) is 14.9 Å². The summed E-state index contributed by atoms with van der Waals surface area (Å²) >= 11 is 0. The molecule has 1 aliphatic heterocycles. The molecule has 1 aliphatic rings. The van der Waals surface area contributed by atoms with Crippen molar-refractivity contribution >= 4 is 16.9 Å². The lowest BCUT2D eigenvalue weighted by atomic mass is 9.93. The minimum Gasteiger partial charge on any atom is -0.497 e. The van der Waals surface area contributed by atoms with Crippen LogP contribution in [0.4, 0.5) is 0 Å². The largest absolute Gasteiger partial charge is 0.497 e. The predicted molar refractivity (Wildman–Crippen MR) is 104 cm³/mol. The number of methoxy groups -OCH3 is 2. The zero-order chi connectivity index (χ0) is 18.8. The molecule has 140 valence electrons. The van der Waals surface area contributed by atoms with Gasteiger partial charge in [-0.1, -0.05) is 0 Å². The summed E-state index contributed by atoms with van der Waals surface area (Å²) in [6.07, 6.45) is 3.66. The third kappa shape index (κ3) is 3.35. The van der Waals surface area contributed by atoms with Crippen LogP contribution in [-0.2, 0) is 0 Å². The molecule has 3 aromatic rings. The van der Waals surface area contributed by atoms with Gasteiger partial charge in [0, 0.05) is 37.0 Å². The zero-order valence-corrected chi connectivity index (χ0v) is 15.6. The molecule has 27 heavy (non-hydrogen) atoms. The smallest absolute Gasteiger partial charge is 0.257 e. The number of likely N-dealkylation sites (tertiary alicyclic amines) is 1. The number of amides is 1. The molecule has 1 aromatic carbocycles. The normalized spacial score (nSPS) is 15.1. The fourth-order valence-corrected chi connectivity index (χ4v) is 3.74. The lowest BCUT2D eigenvalue weighted by molar-refractivity contribution is 0.0709. The standard InChI is InChI=1S/C21H23N3O3/c1-26-15-5-6-16(20(12-15)27-2)21(25)24-10-7-14(8-11-24)18-13-19-17(23-18)4-3-9-22-19/h3-6,9,12-14,23H,7-8,10-11H2,1-2H3. The number of carbonyl (C=O) groups is 1. The molecule has 0 spiro atoms. The van der Waals surface area contributed by atoms with E-state index in [4.69, 9.17) is 9.47 Å². The highest BCUT2D eigenvalue weighted by atomic mass is 16.5. The summed E-state index contributed by atoms with van der Waals surface area (Å²) in [7, 11) is 3.17. The summed E-state index contributed by atoms with van der Waals surface area (Å²) in [5.74, 6) is 1.64. The Morgan fingerprint density at radius 3 is 2.67 bits per heavy atom. The van der Waals surface area contributed by atoms with E-state index in [0.717, 1.165) is 37.0 Å². The number of piperidine rings is 1. The number of H-pyrrole nitrogens is 1. The maximum atomic E-state index is 13.0. The number of nitrogens with zero attached hydrogens (tertiary/aromatic N) is 2. The van der Waals surface area contributed by atoms with E-state index in [-0.39, 0.29) is 5.91 Å². The van der Waals surface area contributed by atoms with Gasteiger partial charge in [-0.2, -0.15) is 0 Å². The van der Waals surface area contributed by atoms with Crippen LogP contribution in [0.2, 0.25) is 0 Å². The van der Waals surface area contributed by atoms with Gasteiger partial charge in [0.1, 0.15) is 11.5 Å². The number of aromatic nitrogens is 2. The summed E-state index contributed by atoms with van der Waals surface area (Å²) in [6, 6.07) is 11.4. The molecule has 3 heterocycles. The number of carbonyl (C=O) groups excluding carboxylic acids is 1. The number of benzene rings is 1. The number of rotatable bonds is 4. The van der Waals surface area contributed by atoms with Crippen LogP contribution in [0.1, 0.15) is 34.8 Å². The molecule has 6 heteroatoms. The Morgan fingerprint density at radius 1 is 1.15 bits per heavy atom. The second-order valence-corrected chi connectivity index (χ2v) is 6.79. The molecule has 2 aromatic heterocycles. The minimum atomic E-state index is 0.00580. The summed E-state index contributed by atoms with van der Waals surface area (Å²) in [4.78, 5) is 22.7. The number of hydrogen-bond donors (Lipinski definition) is 1. The number of fused-ring (bicyclic) bond motifs is 1. The number of hydrogen-bond acceptors (Lipinski definition) is 4. The van der Waals surface area contributed by atoms with Crippen LogP contribution >= 0.6 is 0 Å². The third-order valence-corrected chi connectivity index (χ3v) is 5.27. The van der Waals surface area contributed by atoms with Crippen molar-refractivity contribution in [1.29, 1.82) is 0 Å². The fourth-order valence-electron chi connectivity index (χ4n) is 3.74. The molecule has 0 bridgehead atoms. The van der Waals surface area contributed by atoms with Crippen molar-refractivity contribution in [2.24, 2.45) is 0 Å². The van der Waals surface area contributed by atoms with Crippen LogP contribution in [0.25, 0.3) is 11.0 Å². The fraction of sp³-hybridized carbons (Fsp3) is 0.333. The lowest BCUT2D eigenvalue weighted by Gasteiger charge is -2.32. The van der Waals surface area contributed by atoms with Crippen molar-refractivity contribution in [3.05, 3.63) is 53.9 Å². The van der Waals surface area contributed by atoms with Gasteiger partial charge < -0.3 is 19.4 Å². The Labute approximate surface area is 158 Å². The second kappa shape index (κ2) is 7.31. The highest BCUT2D eigenvalue weighted by Crippen LogP contribution is 2.31. The first-order valence-electron chi connectivity index (χ1n) is 9.14. The molecular weight excluding hydrogens is 342 g/mol. The van der Waals surface area contributed by atoms with Gasteiger partial charge in [-0.15, -0.1) is 0 Å². The molecule has 0 aliphatic carbocycles. The number of pyridine rings is 1. The molecule has 1 amide bonds. The summed E-state index contributed by atoms with van der Waals surface area (Å²) < 4.78 is 10.6. The third-order valence-electron chi connectivity index (χ3n) is 5.27.